The molecule has 0 radical (unpaired) electrons. The van der Waals surface area contributed by atoms with Crippen molar-refractivity contribution in [1.82, 2.24) is 10.6 Å². The van der Waals surface area contributed by atoms with E-state index in [9.17, 15) is 4.79 Å². The highest BCUT2D eigenvalue weighted by atomic mass is 35.5. The van der Waals surface area contributed by atoms with Crippen LogP contribution in [0.15, 0.2) is 30.3 Å². The zero-order valence-electron chi connectivity index (χ0n) is 23.7. The molecule has 2 atom stereocenters. The first-order valence-electron chi connectivity index (χ1n) is 13.6. The summed E-state index contributed by atoms with van der Waals surface area (Å²) in [6.45, 7) is 5.74. The number of nitrogens with two attached hydrogens (primary N) is 1. The average molecular weight is 583 g/mol. The Kier molecular flexibility index (Phi) is 27.1. The van der Waals surface area contributed by atoms with Gasteiger partial charge in [-0.2, -0.15) is 0 Å². The van der Waals surface area contributed by atoms with Gasteiger partial charge in [0.15, 0.2) is 5.72 Å². The minimum absolute atomic E-state index is 0. The molecule has 224 valence electrons. The van der Waals surface area contributed by atoms with Gasteiger partial charge in [0.2, 0.25) is 5.91 Å². The van der Waals surface area contributed by atoms with Gasteiger partial charge in [-0.05, 0) is 44.1 Å². The molecule has 0 saturated carbocycles. The number of hydrogen-bond acceptors (Lipinski definition) is 7. The van der Waals surface area contributed by atoms with Crippen LogP contribution in [0.2, 0.25) is 0 Å². The first kappa shape index (κ1) is 39.2. The molecule has 0 aromatic heterocycles. The summed E-state index contributed by atoms with van der Waals surface area (Å²) in [5.41, 5.74) is 6.58. The second-order valence-corrected chi connectivity index (χ2v) is 9.38. The van der Waals surface area contributed by atoms with Crippen molar-refractivity contribution in [3.63, 3.8) is 0 Å². The Morgan fingerprint density at radius 2 is 1.63 bits per heavy atom. The number of ether oxygens (including phenoxy) is 4. The number of carbonyl (C=O) groups excluding carboxylic acids is 1. The van der Waals surface area contributed by atoms with Gasteiger partial charge in [0, 0.05) is 53.0 Å². The minimum Gasteiger partial charge on any atom is -0.385 e. The molecule has 1 rings (SSSR count). The quantitative estimate of drug-likeness (QED) is 0.121. The van der Waals surface area contributed by atoms with Crippen LogP contribution >= 0.6 is 24.8 Å². The van der Waals surface area contributed by atoms with Gasteiger partial charge in [0.1, 0.15) is 0 Å². The number of halogens is 2. The first-order chi connectivity index (χ1) is 17.5. The van der Waals surface area contributed by atoms with E-state index in [4.69, 9.17) is 24.7 Å². The molecule has 0 aliphatic rings. The van der Waals surface area contributed by atoms with Gasteiger partial charge in [0.25, 0.3) is 0 Å². The fourth-order valence-electron chi connectivity index (χ4n) is 3.74. The largest absolute Gasteiger partial charge is 0.385 e. The zero-order valence-corrected chi connectivity index (χ0v) is 25.3. The summed E-state index contributed by atoms with van der Waals surface area (Å²) in [4.78, 5) is 12.5. The maximum atomic E-state index is 12.5. The SMILES string of the molecule is CCCCCC(=O)NC[C@](COCCCCCOC)(NCc1ccccc1)OC[C@@H](N)CCCOC.Cl.Cl. The lowest BCUT2D eigenvalue weighted by Gasteiger charge is -2.36. The predicted molar refractivity (Wildman–Crippen MR) is 159 cm³/mol. The summed E-state index contributed by atoms with van der Waals surface area (Å²) in [6, 6.07) is 10.0. The molecular formula is C28H53Cl2N3O5. The highest BCUT2D eigenvalue weighted by molar-refractivity contribution is 5.85. The lowest BCUT2D eigenvalue weighted by Crippen LogP contribution is -2.59. The van der Waals surface area contributed by atoms with Gasteiger partial charge in [-0.3, -0.25) is 10.1 Å². The zero-order chi connectivity index (χ0) is 26.3. The van der Waals surface area contributed by atoms with Gasteiger partial charge < -0.3 is 30.0 Å². The Balaban J connectivity index is 0. The summed E-state index contributed by atoms with van der Waals surface area (Å²) in [5.74, 6) is 0.0295. The number of rotatable bonds is 24. The molecule has 10 heteroatoms. The van der Waals surface area contributed by atoms with Crippen molar-refractivity contribution in [3.05, 3.63) is 35.9 Å². The lowest BCUT2D eigenvalue weighted by molar-refractivity contribution is -0.134. The number of carbonyl (C=O) groups is 1. The van der Waals surface area contributed by atoms with Crippen LogP contribution in [-0.4, -0.2) is 71.5 Å². The molecule has 0 heterocycles. The van der Waals surface area contributed by atoms with E-state index in [1.165, 1.54) is 0 Å². The molecule has 0 saturated heterocycles. The van der Waals surface area contributed by atoms with Crippen molar-refractivity contribution < 1.29 is 23.7 Å². The summed E-state index contributed by atoms with van der Waals surface area (Å²) >= 11 is 0. The molecule has 0 unspecified atom stereocenters. The number of benzene rings is 1. The third-order valence-corrected chi connectivity index (χ3v) is 6.01. The highest BCUT2D eigenvalue weighted by Gasteiger charge is 2.32. The summed E-state index contributed by atoms with van der Waals surface area (Å²) in [7, 11) is 3.41. The Morgan fingerprint density at radius 1 is 0.947 bits per heavy atom. The Morgan fingerprint density at radius 3 is 2.32 bits per heavy atom. The molecule has 1 aromatic rings. The normalized spacial score (nSPS) is 13.2. The van der Waals surface area contributed by atoms with E-state index in [0.717, 1.165) is 63.5 Å². The highest BCUT2D eigenvalue weighted by Crippen LogP contribution is 2.13. The van der Waals surface area contributed by atoms with Gasteiger partial charge in [0.05, 0.1) is 19.8 Å². The van der Waals surface area contributed by atoms with Crippen LogP contribution in [0.25, 0.3) is 0 Å². The third kappa shape index (κ3) is 20.0. The molecule has 4 N–H and O–H groups in total. The first-order valence-corrected chi connectivity index (χ1v) is 13.6. The van der Waals surface area contributed by atoms with Crippen molar-refractivity contribution in [1.29, 1.82) is 0 Å². The fraction of sp³-hybridized carbons (Fsp3) is 0.750. The van der Waals surface area contributed by atoms with E-state index in [-0.39, 0.29) is 36.8 Å². The second-order valence-electron chi connectivity index (χ2n) is 9.38. The molecule has 0 aliphatic carbocycles. The van der Waals surface area contributed by atoms with Crippen LogP contribution in [0.3, 0.4) is 0 Å². The Hall–Kier alpha value is -0.970. The van der Waals surface area contributed by atoms with Crippen LogP contribution < -0.4 is 16.4 Å². The average Bonchev–Trinajstić information content (AvgIpc) is 2.89. The Labute approximate surface area is 243 Å². The maximum absolute atomic E-state index is 12.5. The molecule has 8 nitrogen and oxygen atoms in total. The molecule has 38 heavy (non-hydrogen) atoms. The molecule has 0 aliphatic heterocycles. The van der Waals surface area contributed by atoms with E-state index >= 15 is 0 Å². The minimum atomic E-state index is -0.887. The predicted octanol–water partition coefficient (Wildman–Crippen LogP) is 4.62. The van der Waals surface area contributed by atoms with Crippen molar-refractivity contribution in [2.75, 3.05) is 53.8 Å². The van der Waals surface area contributed by atoms with E-state index in [0.29, 0.717) is 45.9 Å². The van der Waals surface area contributed by atoms with Crippen molar-refractivity contribution in [3.8, 4) is 0 Å². The van der Waals surface area contributed by atoms with Gasteiger partial charge in [-0.15, -0.1) is 24.8 Å². The maximum Gasteiger partial charge on any atom is 0.220 e. The van der Waals surface area contributed by atoms with E-state index in [1.807, 2.05) is 18.2 Å². The monoisotopic (exact) mass is 581 g/mol. The fourth-order valence-corrected chi connectivity index (χ4v) is 3.74. The van der Waals surface area contributed by atoms with Crippen LogP contribution in [-0.2, 0) is 30.3 Å². The number of unbranched alkanes of at least 4 members (excludes halogenated alkanes) is 4. The molecular weight excluding hydrogens is 529 g/mol. The molecule has 0 fully saturated rings. The smallest absolute Gasteiger partial charge is 0.220 e. The molecule has 0 bridgehead atoms. The Bertz CT molecular complexity index is 661. The van der Waals surface area contributed by atoms with E-state index in [2.05, 4.69) is 29.7 Å². The van der Waals surface area contributed by atoms with Crippen molar-refractivity contribution in [2.45, 2.75) is 83.0 Å². The number of amides is 1. The van der Waals surface area contributed by atoms with E-state index < -0.39 is 5.72 Å². The van der Waals surface area contributed by atoms with Gasteiger partial charge in [-0.25, -0.2) is 0 Å². The lowest BCUT2D eigenvalue weighted by atomic mass is 10.1. The van der Waals surface area contributed by atoms with Crippen LogP contribution in [0.5, 0.6) is 0 Å². The van der Waals surface area contributed by atoms with Gasteiger partial charge in [-0.1, -0.05) is 50.1 Å². The standard InChI is InChI=1S/C28H51N3O5.2ClH/c1-4-5-8-17-27(32)30-23-28(24-35-20-12-7-11-18-33-2,31-21-25-14-9-6-10-15-25)36-22-26(29)16-13-19-34-3;;/h6,9-10,14-15,26,31H,4-5,7-8,11-13,16-24,29H2,1-3H3,(H,30,32);2*1H/t26-,28-;;/m0../s1. The third-order valence-electron chi connectivity index (χ3n) is 6.01. The van der Waals surface area contributed by atoms with Crippen LogP contribution in [0, 0.1) is 0 Å². The van der Waals surface area contributed by atoms with Gasteiger partial charge >= 0.3 is 0 Å². The topological polar surface area (TPSA) is 104 Å². The molecule has 0 spiro atoms. The van der Waals surface area contributed by atoms with E-state index in [1.54, 1.807) is 14.2 Å². The molecule has 1 aromatic carbocycles. The second kappa shape index (κ2) is 26.3. The summed E-state index contributed by atoms with van der Waals surface area (Å²) in [5, 5.41) is 6.62. The van der Waals surface area contributed by atoms with Crippen LogP contribution in [0.1, 0.15) is 70.3 Å². The summed E-state index contributed by atoms with van der Waals surface area (Å²) < 4.78 is 22.8. The van der Waals surface area contributed by atoms with Crippen molar-refractivity contribution >= 4 is 30.7 Å². The number of hydrogen-bond donors (Lipinski definition) is 3. The number of methoxy groups -OCH3 is 2. The summed E-state index contributed by atoms with van der Waals surface area (Å²) in [6.07, 6.45) is 8.19. The van der Waals surface area contributed by atoms with Crippen LogP contribution in [0.4, 0.5) is 0 Å². The molecule has 1 amide bonds. The van der Waals surface area contributed by atoms with Crippen molar-refractivity contribution in [2.24, 2.45) is 5.73 Å². The number of nitrogens with one attached hydrogen (secondary N) is 2.